The molecule has 0 aliphatic carbocycles. The van der Waals surface area contributed by atoms with Crippen molar-refractivity contribution in [3.63, 3.8) is 0 Å². The fourth-order valence-electron chi connectivity index (χ4n) is 3.86. The summed E-state index contributed by atoms with van der Waals surface area (Å²) in [5, 5.41) is 32.0. The fourth-order valence-corrected chi connectivity index (χ4v) is 3.86. The average molecular weight is 477 g/mol. The van der Waals surface area contributed by atoms with Gasteiger partial charge in [-0.1, -0.05) is 0 Å². The molecule has 184 valence electrons. The van der Waals surface area contributed by atoms with Crippen LogP contribution < -0.4 is 32.3 Å². The number of nitrogens with two attached hydrogens (primary N) is 1. The first kappa shape index (κ1) is 24.9. The van der Waals surface area contributed by atoms with E-state index in [0.29, 0.717) is 25.2 Å². The van der Waals surface area contributed by atoms with Crippen LogP contribution in [0.15, 0.2) is 24.3 Å². The van der Waals surface area contributed by atoms with Gasteiger partial charge in [-0.2, -0.15) is 0 Å². The van der Waals surface area contributed by atoms with Gasteiger partial charge in [-0.25, -0.2) is 4.79 Å². The quantitative estimate of drug-likeness (QED) is 0.161. The third-order valence-electron chi connectivity index (χ3n) is 5.62. The minimum Gasteiger partial charge on any atom is -0.481 e. The second-order valence-electron chi connectivity index (χ2n) is 7.95. The van der Waals surface area contributed by atoms with E-state index in [0.717, 1.165) is 0 Å². The fraction of sp³-hybridized carbons (Fsp3) is 0.450. The molecular formula is C20H27N7O7. The maximum absolute atomic E-state index is 12.3. The van der Waals surface area contributed by atoms with Crippen LogP contribution in [0.25, 0.3) is 0 Å². The van der Waals surface area contributed by atoms with Gasteiger partial charge in [0, 0.05) is 30.8 Å². The molecule has 1 aromatic rings. The Balaban J connectivity index is 1.56. The number of carbonyl (C=O) groups excluding carboxylic acids is 3. The summed E-state index contributed by atoms with van der Waals surface area (Å²) in [5.74, 6) is -3.48. The van der Waals surface area contributed by atoms with Gasteiger partial charge in [0.2, 0.25) is 12.3 Å². The van der Waals surface area contributed by atoms with Crippen molar-refractivity contribution in [1.82, 2.24) is 26.2 Å². The van der Waals surface area contributed by atoms with Crippen LogP contribution in [-0.4, -0.2) is 88.9 Å². The van der Waals surface area contributed by atoms with Crippen molar-refractivity contribution in [3.8, 4) is 0 Å². The molecule has 2 saturated heterocycles. The zero-order chi connectivity index (χ0) is 24.8. The zero-order valence-electron chi connectivity index (χ0n) is 18.1. The molecule has 0 bridgehead atoms. The molecule has 1 aromatic carbocycles. The SMILES string of the molecule is NC1NC(=O)[C@H]2[C@H](NC[C@H](CNc3ccc(C(=O)N[C@@H](CCC(=O)O)C(=O)O)cc3)N2C=O)N1. The number of aliphatic carboxylic acids is 2. The van der Waals surface area contributed by atoms with Crippen molar-refractivity contribution < 1.29 is 34.2 Å². The Morgan fingerprint density at radius 1 is 1.24 bits per heavy atom. The Bertz CT molecular complexity index is 942. The molecule has 0 aromatic heterocycles. The lowest BCUT2D eigenvalue weighted by Crippen LogP contribution is -2.79. The maximum Gasteiger partial charge on any atom is 0.326 e. The highest BCUT2D eigenvalue weighted by Crippen LogP contribution is 2.17. The normalized spacial score (nSPS) is 24.9. The molecule has 5 atom stereocenters. The van der Waals surface area contributed by atoms with Gasteiger partial charge in [-0.3, -0.25) is 35.5 Å². The zero-order valence-corrected chi connectivity index (χ0v) is 18.1. The van der Waals surface area contributed by atoms with E-state index in [4.69, 9.17) is 10.8 Å². The monoisotopic (exact) mass is 477 g/mol. The highest BCUT2D eigenvalue weighted by Gasteiger charge is 2.44. The summed E-state index contributed by atoms with van der Waals surface area (Å²) in [5.41, 5.74) is 6.54. The number of carboxylic acids is 2. The van der Waals surface area contributed by atoms with Crippen molar-refractivity contribution >= 4 is 35.9 Å². The van der Waals surface area contributed by atoms with E-state index in [1.807, 2.05) is 0 Å². The molecule has 9 N–H and O–H groups in total. The van der Waals surface area contributed by atoms with Crippen molar-refractivity contribution in [3.05, 3.63) is 29.8 Å². The number of nitrogens with zero attached hydrogens (tertiary/aromatic N) is 1. The topological polar surface area (TPSA) is 215 Å². The summed E-state index contributed by atoms with van der Waals surface area (Å²) in [6.07, 6.45) is -1.17. The Hall–Kier alpha value is -3.75. The van der Waals surface area contributed by atoms with Gasteiger partial charge >= 0.3 is 11.9 Å². The van der Waals surface area contributed by atoms with Gasteiger partial charge in [-0.05, 0) is 30.7 Å². The van der Waals surface area contributed by atoms with Crippen LogP contribution >= 0.6 is 0 Å². The number of fused-ring (bicyclic) bond motifs is 1. The lowest BCUT2D eigenvalue weighted by atomic mass is 10.0. The number of anilines is 1. The molecule has 2 aliphatic heterocycles. The molecule has 2 aliphatic rings. The number of hydrogen-bond donors (Lipinski definition) is 8. The van der Waals surface area contributed by atoms with Gasteiger partial charge in [0.05, 0.1) is 12.2 Å². The van der Waals surface area contributed by atoms with Gasteiger partial charge < -0.3 is 31.1 Å². The summed E-state index contributed by atoms with van der Waals surface area (Å²) < 4.78 is 0. The largest absolute Gasteiger partial charge is 0.481 e. The minimum atomic E-state index is -1.32. The van der Waals surface area contributed by atoms with E-state index < -0.39 is 42.4 Å². The molecule has 2 fully saturated rings. The van der Waals surface area contributed by atoms with Crippen LogP contribution in [0.1, 0.15) is 23.2 Å². The molecule has 0 saturated carbocycles. The van der Waals surface area contributed by atoms with Crippen LogP contribution in [0.4, 0.5) is 5.69 Å². The van der Waals surface area contributed by atoms with Crippen molar-refractivity contribution in [2.45, 2.75) is 43.4 Å². The standard InChI is InChI=1S/C20H27N7O7/c21-20-25-16-15(18(32)26-20)27(9-28)12(8-23-16)7-22-11-3-1-10(2-4-11)17(31)24-13(19(33)34)5-6-14(29)30/h1-4,9,12-13,15-16,20,22-23,25H,5-8,21H2,(H,24,31)(H,26,32)(H,29,30)(H,33,34)/t12-,13-,15+,16+,20?/m0/s1. The number of amides is 3. The first-order valence-corrected chi connectivity index (χ1v) is 10.6. The molecule has 14 heteroatoms. The summed E-state index contributed by atoms with van der Waals surface area (Å²) in [7, 11) is 0. The molecule has 14 nitrogen and oxygen atoms in total. The van der Waals surface area contributed by atoms with Crippen LogP contribution in [0.3, 0.4) is 0 Å². The smallest absolute Gasteiger partial charge is 0.326 e. The first-order chi connectivity index (χ1) is 16.2. The number of benzene rings is 1. The molecule has 2 heterocycles. The predicted octanol–water partition coefficient (Wildman–Crippen LogP) is -2.77. The van der Waals surface area contributed by atoms with Gasteiger partial charge in [0.1, 0.15) is 18.4 Å². The Kier molecular flexibility index (Phi) is 7.99. The van der Waals surface area contributed by atoms with E-state index >= 15 is 0 Å². The van der Waals surface area contributed by atoms with Crippen molar-refractivity contribution in [1.29, 1.82) is 0 Å². The Morgan fingerprint density at radius 3 is 2.56 bits per heavy atom. The maximum atomic E-state index is 12.3. The molecule has 3 amide bonds. The summed E-state index contributed by atoms with van der Waals surface area (Å²) >= 11 is 0. The van der Waals surface area contributed by atoms with Crippen LogP contribution in [0.5, 0.6) is 0 Å². The van der Waals surface area contributed by atoms with E-state index in [-0.39, 0.29) is 30.4 Å². The first-order valence-electron chi connectivity index (χ1n) is 10.6. The summed E-state index contributed by atoms with van der Waals surface area (Å²) in [6, 6.07) is 3.78. The molecule has 1 unspecified atom stereocenters. The second-order valence-corrected chi connectivity index (χ2v) is 7.95. The van der Waals surface area contributed by atoms with Crippen molar-refractivity contribution in [2.75, 3.05) is 18.4 Å². The van der Waals surface area contributed by atoms with Gasteiger partial charge in [0.25, 0.3) is 5.91 Å². The average Bonchev–Trinajstić information content (AvgIpc) is 2.79. The van der Waals surface area contributed by atoms with E-state index in [1.54, 1.807) is 12.1 Å². The minimum absolute atomic E-state index is 0.199. The Labute approximate surface area is 194 Å². The third kappa shape index (κ3) is 5.98. The molecule has 34 heavy (non-hydrogen) atoms. The lowest BCUT2D eigenvalue weighted by Gasteiger charge is -2.47. The van der Waals surface area contributed by atoms with Gasteiger partial charge in [-0.15, -0.1) is 0 Å². The second kappa shape index (κ2) is 10.9. The Morgan fingerprint density at radius 2 is 1.94 bits per heavy atom. The summed E-state index contributed by atoms with van der Waals surface area (Å²) in [6.45, 7) is 0.726. The number of carbonyl (C=O) groups is 5. The van der Waals surface area contributed by atoms with E-state index in [2.05, 4.69) is 26.6 Å². The predicted molar refractivity (Wildman–Crippen MR) is 117 cm³/mol. The lowest BCUT2D eigenvalue weighted by molar-refractivity contribution is -0.142. The number of hydrogen-bond acceptors (Lipinski definition) is 9. The van der Waals surface area contributed by atoms with Crippen LogP contribution in [-0.2, 0) is 19.2 Å². The number of carboxylic acid groups (broad SMARTS) is 2. The highest BCUT2D eigenvalue weighted by molar-refractivity contribution is 5.97. The number of nitrogens with one attached hydrogen (secondary N) is 5. The van der Waals surface area contributed by atoms with E-state index in [1.165, 1.54) is 17.0 Å². The van der Waals surface area contributed by atoms with Crippen LogP contribution in [0.2, 0.25) is 0 Å². The number of piperazine rings is 1. The molecule has 0 spiro atoms. The highest BCUT2D eigenvalue weighted by atomic mass is 16.4. The van der Waals surface area contributed by atoms with Crippen LogP contribution in [0, 0.1) is 0 Å². The van der Waals surface area contributed by atoms with Crippen molar-refractivity contribution in [2.24, 2.45) is 5.73 Å². The molecule has 0 radical (unpaired) electrons. The van der Waals surface area contributed by atoms with Gasteiger partial charge in [0.15, 0.2) is 0 Å². The molecule has 3 rings (SSSR count). The van der Waals surface area contributed by atoms with E-state index in [9.17, 15) is 29.1 Å². The number of rotatable bonds is 10. The third-order valence-corrected chi connectivity index (χ3v) is 5.62. The summed E-state index contributed by atoms with van der Waals surface area (Å²) in [4.78, 5) is 59.7. The molecular weight excluding hydrogens is 450 g/mol.